The molecular formula is C22H24N6O3. The van der Waals surface area contributed by atoms with Crippen LogP contribution in [-0.2, 0) is 16.0 Å². The quantitative estimate of drug-likeness (QED) is 0.690. The van der Waals surface area contributed by atoms with E-state index in [9.17, 15) is 9.59 Å². The lowest BCUT2D eigenvalue weighted by Crippen LogP contribution is -2.43. The van der Waals surface area contributed by atoms with Gasteiger partial charge in [0.15, 0.2) is 11.9 Å². The summed E-state index contributed by atoms with van der Waals surface area (Å²) < 4.78 is 8.85. The van der Waals surface area contributed by atoms with Gasteiger partial charge in [-0.05, 0) is 49.3 Å². The molecule has 0 radical (unpaired) electrons. The fourth-order valence-corrected chi connectivity index (χ4v) is 4.48. The van der Waals surface area contributed by atoms with Crippen molar-refractivity contribution >= 4 is 5.91 Å². The van der Waals surface area contributed by atoms with Crippen LogP contribution in [0.1, 0.15) is 49.0 Å². The Balaban J connectivity index is 1.23. The Kier molecular flexibility index (Phi) is 5.33. The van der Waals surface area contributed by atoms with Crippen molar-refractivity contribution in [3.05, 3.63) is 70.5 Å². The highest BCUT2D eigenvalue weighted by molar-refractivity contribution is 5.83. The molecule has 3 aromatic rings. The lowest BCUT2D eigenvalue weighted by molar-refractivity contribution is -0.135. The number of nitrogens with one attached hydrogen (secondary N) is 1. The number of aromatic nitrogens is 5. The number of rotatable bonds is 4. The minimum absolute atomic E-state index is 0.00391. The van der Waals surface area contributed by atoms with Crippen molar-refractivity contribution in [2.45, 2.75) is 50.3 Å². The number of amides is 1. The molecule has 1 aliphatic heterocycles. The highest BCUT2D eigenvalue weighted by Crippen LogP contribution is 2.30. The Morgan fingerprint density at radius 1 is 1.10 bits per heavy atom. The van der Waals surface area contributed by atoms with Crippen molar-refractivity contribution in [1.29, 1.82) is 0 Å². The maximum absolute atomic E-state index is 12.9. The molecule has 1 aromatic carbocycles. The Bertz CT molecular complexity index is 1120. The first-order valence-corrected chi connectivity index (χ1v) is 10.6. The van der Waals surface area contributed by atoms with Crippen LogP contribution >= 0.6 is 0 Å². The van der Waals surface area contributed by atoms with Gasteiger partial charge < -0.3 is 10.1 Å². The molecule has 2 aromatic heterocycles. The van der Waals surface area contributed by atoms with Crippen molar-refractivity contribution in [3.8, 4) is 5.82 Å². The third kappa shape index (κ3) is 4.00. The lowest BCUT2D eigenvalue weighted by Gasteiger charge is -2.32. The van der Waals surface area contributed by atoms with Crippen molar-refractivity contribution in [2.75, 3.05) is 6.61 Å². The molecule has 1 saturated carbocycles. The van der Waals surface area contributed by atoms with Crippen LogP contribution in [0.25, 0.3) is 5.82 Å². The molecule has 5 rings (SSSR count). The van der Waals surface area contributed by atoms with Gasteiger partial charge in [-0.1, -0.05) is 24.3 Å². The highest BCUT2D eigenvalue weighted by atomic mass is 16.5. The number of ether oxygens (including phenoxy) is 1. The maximum Gasteiger partial charge on any atom is 0.267 e. The fraction of sp³-hybridized carbons (Fsp3) is 0.409. The monoisotopic (exact) mass is 420 g/mol. The summed E-state index contributed by atoms with van der Waals surface area (Å²) in [4.78, 5) is 29.2. The molecule has 1 N–H and O–H groups in total. The van der Waals surface area contributed by atoms with E-state index in [-0.39, 0.29) is 23.6 Å². The van der Waals surface area contributed by atoms with Gasteiger partial charge >= 0.3 is 0 Å². The van der Waals surface area contributed by atoms with E-state index in [4.69, 9.17) is 4.74 Å². The van der Waals surface area contributed by atoms with Crippen molar-refractivity contribution < 1.29 is 9.53 Å². The van der Waals surface area contributed by atoms with Gasteiger partial charge in [0.1, 0.15) is 12.7 Å². The minimum Gasteiger partial charge on any atom is -0.363 e. The molecule has 1 fully saturated rings. The lowest BCUT2D eigenvalue weighted by atomic mass is 9.90. The van der Waals surface area contributed by atoms with Gasteiger partial charge in [0.05, 0.1) is 12.6 Å². The SMILES string of the molecule is O=C(NC1CCC(n2nc(-n3cncn3)ccc2=O)CC1)C1OCCc2ccccc21. The van der Waals surface area contributed by atoms with E-state index in [1.165, 1.54) is 27.3 Å². The number of hydrogen-bond acceptors (Lipinski definition) is 6. The normalized spacial score (nSPS) is 23.2. The first-order chi connectivity index (χ1) is 15.2. The van der Waals surface area contributed by atoms with Gasteiger partial charge in [0.25, 0.3) is 11.5 Å². The highest BCUT2D eigenvalue weighted by Gasteiger charge is 2.31. The zero-order chi connectivity index (χ0) is 21.2. The molecule has 9 heteroatoms. The molecule has 1 amide bonds. The second-order valence-electron chi connectivity index (χ2n) is 8.03. The predicted octanol–water partition coefficient (Wildman–Crippen LogP) is 1.74. The Hall–Kier alpha value is -3.33. The largest absolute Gasteiger partial charge is 0.363 e. The van der Waals surface area contributed by atoms with E-state index >= 15 is 0 Å². The van der Waals surface area contributed by atoms with Gasteiger partial charge in [-0.3, -0.25) is 9.59 Å². The zero-order valence-corrected chi connectivity index (χ0v) is 17.1. The number of carbonyl (C=O) groups excluding carboxylic acids is 1. The summed E-state index contributed by atoms with van der Waals surface area (Å²) >= 11 is 0. The van der Waals surface area contributed by atoms with Crippen LogP contribution in [0.3, 0.4) is 0 Å². The molecule has 3 heterocycles. The Morgan fingerprint density at radius 3 is 2.74 bits per heavy atom. The van der Waals surface area contributed by atoms with E-state index in [0.29, 0.717) is 12.4 Å². The minimum atomic E-state index is -0.550. The molecule has 160 valence electrons. The van der Waals surface area contributed by atoms with Gasteiger partial charge in [0.2, 0.25) is 0 Å². The van der Waals surface area contributed by atoms with Crippen molar-refractivity contribution in [3.63, 3.8) is 0 Å². The molecule has 0 bridgehead atoms. The molecule has 1 atom stereocenters. The smallest absolute Gasteiger partial charge is 0.267 e. The number of nitrogens with zero attached hydrogens (tertiary/aromatic N) is 5. The van der Waals surface area contributed by atoms with Crippen LogP contribution in [-0.4, -0.2) is 43.1 Å². The van der Waals surface area contributed by atoms with Gasteiger partial charge in [-0.15, -0.1) is 5.10 Å². The summed E-state index contributed by atoms with van der Waals surface area (Å²) in [5.74, 6) is 0.472. The van der Waals surface area contributed by atoms with Crippen LogP contribution in [0.4, 0.5) is 0 Å². The van der Waals surface area contributed by atoms with Crippen LogP contribution in [0.2, 0.25) is 0 Å². The zero-order valence-electron chi connectivity index (χ0n) is 17.1. The Morgan fingerprint density at radius 2 is 1.94 bits per heavy atom. The van der Waals surface area contributed by atoms with Crippen molar-refractivity contribution in [2.24, 2.45) is 0 Å². The molecule has 2 aliphatic rings. The van der Waals surface area contributed by atoms with Gasteiger partial charge in [0, 0.05) is 12.1 Å². The number of hydrogen-bond donors (Lipinski definition) is 1. The van der Waals surface area contributed by atoms with Crippen molar-refractivity contribution in [1.82, 2.24) is 29.9 Å². The van der Waals surface area contributed by atoms with Crippen LogP contribution in [0, 0.1) is 0 Å². The summed E-state index contributed by atoms with van der Waals surface area (Å²) in [7, 11) is 0. The molecule has 9 nitrogen and oxygen atoms in total. The Labute approximate surface area is 179 Å². The molecule has 1 aliphatic carbocycles. The molecular weight excluding hydrogens is 396 g/mol. The second-order valence-corrected chi connectivity index (χ2v) is 8.03. The van der Waals surface area contributed by atoms with E-state index in [0.717, 1.165) is 37.7 Å². The van der Waals surface area contributed by atoms with E-state index in [2.05, 4.69) is 26.6 Å². The fourth-order valence-electron chi connectivity index (χ4n) is 4.48. The predicted molar refractivity (Wildman–Crippen MR) is 112 cm³/mol. The standard InChI is InChI=1S/C22H24N6O3/c29-20-10-9-19(27-14-23-13-24-27)26-28(20)17-7-5-16(6-8-17)25-22(30)21-18-4-2-1-3-15(18)11-12-31-21/h1-4,9-10,13-14,16-17,21H,5-8,11-12H2,(H,25,30). The first kappa shape index (κ1) is 19.6. The third-order valence-electron chi connectivity index (χ3n) is 6.09. The van der Waals surface area contributed by atoms with E-state index in [1.807, 2.05) is 18.2 Å². The topological polar surface area (TPSA) is 104 Å². The summed E-state index contributed by atoms with van der Waals surface area (Å²) in [6, 6.07) is 11.2. The van der Waals surface area contributed by atoms with Gasteiger partial charge in [-0.25, -0.2) is 14.3 Å². The average molecular weight is 420 g/mol. The van der Waals surface area contributed by atoms with Crippen LogP contribution in [0.15, 0.2) is 53.8 Å². The molecule has 31 heavy (non-hydrogen) atoms. The third-order valence-corrected chi connectivity index (χ3v) is 6.09. The number of benzene rings is 1. The summed E-state index contributed by atoms with van der Waals surface area (Å²) in [5, 5.41) is 11.7. The average Bonchev–Trinajstić information content (AvgIpc) is 3.35. The van der Waals surface area contributed by atoms with E-state index < -0.39 is 6.10 Å². The molecule has 0 spiro atoms. The molecule has 0 saturated heterocycles. The first-order valence-electron chi connectivity index (χ1n) is 10.6. The number of fused-ring (bicyclic) bond motifs is 1. The summed E-state index contributed by atoms with van der Waals surface area (Å²) in [6.45, 7) is 0.554. The maximum atomic E-state index is 12.9. The summed E-state index contributed by atoms with van der Waals surface area (Å²) in [6.07, 6.45) is 6.36. The van der Waals surface area contributed by atoms with Crippen LogP contribution < -0.4 is 10.9 Å². The summed E-state index contributed by atoms with van der Waals surface area (Å²) in [5.41, 5.74) is 2.00. The number of carbonyl (C=O) groups is 1. The van der Waals surface area contributed by atoms with E-state index in [1.54, 1.807) is 12.4 Å². The molecule has 1 unspecified atom stereocenters. The van der Waals surface area contributed by atoms with Crippen LogP contribution in [0.5, 0.6) is 0 Å². The van der Waals surface area contributed by atoms with Gasteiger partial charge in [-0.2, -0.15) is 5.10 Å². The second kappa shape index (κ2) is 8.43.